The molecule has 0 radical (unpaired) electrons. The largest absolute Gasteiger partial charge is 0.323 e. The molecule has 3 heteroatoms. The fourth-order valence-electron chi connectivity index (χ4n) is 2.17. The van der Waals surface area contributed by atoms with Gasteiger partial charge in [0.2, 0.25) is 0 Å². The van der Waals surface area contributed by atoms with Gasteiger partial charge < -0.3 is 4.57 Å². The first-order valence-electron chi connectivity index (χ1n) is 4.77. The van der Waals surface area contributed by atoms with Crippen LogP contribution in [0.4, 0.5) is 0 Å². The zero-order valence-corrected chi connectivity index (χ0v) is 8.08. The molecular weight excluding hydrogens is 164 g/mol. The Morgan fingerprint density at radius 2 is 2.38 bits per heavy atom. The van der Waals surface area contributed by atoms with Crippen molar-refractivity contribution in [1.29, 1.82) is 0 Å². The number of carbonyl (C=O) groups excluding carboxylic acids is 1. The van der Waals surface area contributed by atoms with Crippen LogP contribution in [-0.4, -0.2) is 15.8 Å². The van der Waals surface area contributed by atoms with Crippen molar-refractivity contribution in [3.05, 3.63) is 17.2 Å². The zero-order chi connectivity index (χ0) is 9.42. The molecule has 0 amide bonds. The molecule has 0 saturated carbocycles. The predicted molar refractivity (Wildman–Crippen MR) is 50.0 cm³/mol. The molecule has 70 valence electrons. The maximum atomic E-state index is 10.8. The highest BCUT2D eigenvalue weighted by molar-refractivity contribution is 5.70. The number of carbonyl (C=O) groups is 1. The summed E-state index contributed by atoms with van der Waals surface area (Å²) in [6.07, 6.45) is 4.30. The third kappa shape index (κ3) is 1.19. The van der Waals surface area contributed by atoms with Gasteiger partial charge in [0.05, 0.1) is 5.69 Å². The molecule has 1 atom stereocenters. The first-order chi connectivity index (χ1) is 6.24. The SMILES string of the molecule is Cc1nc(C=O)n2c1CCCC2C. The molecule has 0 saturated heterocycles. The molecule has 13 heavy (non-hydrogen) atoms. The van der Waals surface area contributed by atoms with Crippen LogP contribution < -0.4 is 0 Å². The van der Waals surface area contributed by atoms with Crippen LogP contribution in [0.5, 0.6) is 0 Å². The topological polar surface area (TPSA) is 34.9 Å². The van der Waals surface area contributed by atoms with E-state index in [9.17, 15) is 4.79 Å². The second-order valence-corrected chi connectivity index (χ2v) is 3.73. The van der Waals surface area contributed by atoms with Crippen LogP contribution in [0.25, 0.3) is 0 Å². The van der Waals surface area contributed by atoms with Crippen molar-refractivity contribution in [2.24, 2.45) is 0 Å². The average Bonchev–Trinajstić information content (AvgIpc) is 2.45. The van der Waals surface area contributed by atoms with Crippen LogP contribution in [-0.2, 0) is 6.42 Å². The minimum atomic E-state index is 0.435. The molecule has 1 aliphatic rings. The molecular formula is C10H14N2O. The van der Waals surface area contributed by atoms with Gasteiger partial charge in [0.1, 0.15) is 0 Å². The molecule has 0 bridgehead atoms. The van der Waals surface area contributed by atoms with Gasteiger partial charge in [-0.15, -0.1) is 0 Å². The Labute approximate surface area is 77.8 Å². The molecule has 1 aromatic heterocycles. The van der Waals surface area contributed by atoms with E-state index >= 15 is 0 Å². The summed E-state index contributed by atoms with van der Waals surface area (Å²) < 4.78 is 2.09. The molecule has 0 fully saturated rings. The van der Waals surface area contributed by atoms with Crippen molar-refractivity contribution in [1.82, 2.24) is 9.55 Å². The summed E-state index contributed by atoms with van der Waals surface area (Å²) in [6.45, 7) is 4.13. The first kappa shape index (κ1) is 8.48. The second-order valence-electron chi connectivity index (χ2n) is 3.73. The highest BCUT2D eigenvalue weighted by atomic mass is 16.1. The van der Waals surface area contributed by atoms with E-state index in [4.69, 9.17) is 0 Å². The normalized spacial score (nSPS) is 21.2. The molecule has 2 heterocycles. The number of aryl methyl sites for hydroxylation is 1. The zero-order valence-electron chi connectivity index (χ0n) is 8.08. The number of fused-ring (bicyclic) bond motifs is 1. The Hall–Kier alpha value is -1.12. The molecule has 1 aromatic rings. The van der Waals surface area contributed by atoms with Crippen molar-refractivity contribution >= 4 is 6.29 Å². The maximum Gasteiger partial charge on any atom is 0.185 e. The fraction of sp³-hybridized carbons (Fsp3) is 0.600. The van der Waals surface area contributed by atoms with Crippen LogP contribution in [0.3, 0.4) is 0 Å². The second kappa shape index (κ2) is 2.98. The highest BCUT2D eigenvalue weighted by Gasteiger charge is 2.21. The summed E-state index contributed by atoms with van der Waals surface area (Å²) in [6, 6.07) is 0.435. The third-order valence-electron chi connectivity index (χ3n) is 2.82. The quantitative estimate of drug-likeness (QED) is 0.615. The summed E-state index contributed by atoms with van der Waals surface area (Å²) >= 11 is 0. The van der Waals surface area contributed by atoms with Crippen molar-refractivity contribution in [2.45, 2.75) is 39.2 Å². The predicted octanol–water partition coefficient (Wildman–Crippen LogP) is 1.90. The molecule has 0 N–H and O–H groups in total. The summed E-state index contributed by atoms with van der Waals surface area (Å²) in [5, 5.41) is 0. The minimum absolute atomic E-state index is 0.435. The monoisotopic (exact) mass is 178 g/mol. The number of hydrogen-bond acceptors (Lipinski definition) is 2. The highest BCUT2D eigenvalue weighted by Crippen LogP contribution is 2.27. The number of nitrogens with zero attached hydrogens (tertiary/aromatic N) is 2. The van der Waals surface area contributed by atoms with Gasteiger partial charge >= 0.3 is 0 Å². The van der Waals surface area contributed by atoms with E-state index in [1.165, 1.54) is 12.1 Å². The van der Waals surface area contributed by atoms with Gasteiger partial charge in [-0.2, -0.15) is 0 Å². The molecule has 0 spiro atoms. The Balaban J connectivity index is 2.58. The first-order valence-corrected chi connectivity index (χ1v) is 4.77. The molecule has 0 aromatic carbocycles. The third-order valence-corrected chi connectivity index (χ3v) is 2.82. The smallest absolute Gasteiger partial charge is 0.185 e. The van der Waals surface area contributed by atoms with Crippen LogP contribution >= 0.6 is 0 Å². The Bertz CT molecular complexity index is 341. The average molecular weight is 178 g/mol. The van der Waals surface area contributed by atoms with Gasteiger partial charge in [-0.3, -0.25) is 4.79 Å². The van der Waals surface area contributed by atoms with E-state index in [0.29, 0.717) is 11.9 Å². The van der Waals surface area contributed by atoms with Crippen molar-refractivity contribution in [3.8, 4) is 0 Å². The fourth-order valence-corrected chi connectivity index (χ4v) is 2.17. The van der Waals surface area contributed by atoms with Crippen LogP contribution in [0.15, 0.2) is 0 Å². The van der Waals surface area contributed by atoms with E-state index < -0.39 is 0 Å². The number of imidazole rings is 1. The lowest BCUT2D eigenvalue weighted by Crippen LogP contribution is -2.17. The Kier molecular flexibility index (Phi) is 1.94. The van der Waals surface area contributed by atoms with Crippen molar-refractivity contribution in [3.63, 3.8) is 0 Å². The summed E-state index contributed by atoms with van der Waals surface area (Å²) in [5.41, 5.74) is 2.27. The maximum absolute atomic E-state index is 10.8. The number of hydrogen-bond donors (Lipinski definition) is 0. The molecule has 1 unspecified atom stereocenters. The summed E-state index contributed by atoms with van der Waals surface area (Å²) in [4.78, 5) is 15.0. The van der Waals surface area contributed by atoms with Crippen molar-refractivity contribution in [2.75, 3.05) is 0 Å². The lowest BCUT2D eigenvalue weighted by molar-refractivity contribution is 0.110. The van der Waals surface area contributed by atoms with Gasteiger partial charge in [-0.05, 0) is 33.1 Å². The van der Waals surface area contributed by atoms with Crippen LogP contribution in [0.1, 0.15) is 47.8 Å². The number of rotatable bonds is 1. The van der Waals surface area contributed by atoms with E-state index in [1.54, 1.807) is 0 Å². The van der Waals surface area contributed by atoms with E-state index in [-0.39, 0.29) is 0 Å². The van der Waals surface area contributed by atoms with E-state index in [1.807, 2.05) is 6.92 Å². The van der Waals surface area contributed by atoms with Gasteiger partial charge in [-0.25, -0.2) is 4.98 Å². The summed E-state index contributed by atoms with van der Waals surface area (Å²) in [7, 11) is 0. The molecule has 0 aliphatic carbocycles. The lowest BCUT2D eigenvalue weighted by Gasteiger charge is -2.23. The minimum Gasteiger partial charge on any atom is -0.323 e. The summed E-state index contributed by atoms with van der Waals surface area (Å²) in [5.74, 6) is 0.597. The van der Waals surface area contributed by atoms with E-state index in [2.05, 4.69) is 16.5 Å². The molecule has 3 nitrogen and oxygen atoms in total. The van der Waals surface area contributed by atoms with E-state index in [0.717, 1.165) is 24.8 Å². The van der Waals surface area contributed by atoms with Gasteiger partial charge in [-0.1, -0.05) is 0 Å². The van der Waals surface area contributed by atoms with Gasteiger partial charge in [0.25, 0.3) is 0 Å². The van der Waals surface area contributed by atoms with Crippen LogP contribution in [0.2, 0.25) is 0 Å². The molecule has 2 rings (SSSR count). The van der Waals surface area contributed by atoms with Crippen LogP contribution in [0, 0.1) is 6.92 Å². The lowest BCUT2D eigenvalue weighted by atomic mass is 10.0. The standard InChI is InChI=1S/C10H14N2O/c1-7-4-3-5-9-8(2)11-10(6-13)12(7)9/h6-7H,3-5H2,1-2H3. The Morgan fingerprint density at radius 1 is 1.62 bits per heavy atom. The molecule has 1 aliphatic heterocycles. The van der Waals surface area contributed by atoms with Gasteiger partial charge in [0, 0.05) is 11.7 Å². The number of aromatic nitrogens is 2. The van der Waals surface area contributed by atoms with Gasteiger partial charge in [0.15, 0.2) is 12.1 Å². The van der Waals surface area contributed by atoms with Crippen molar-refractivity contribution < 1.29 is 4.79 Å². The Morgan fingerprint density at radius 3 is 3.08 bits per heavy atom. The number of aldehydes is 1.